The first-order valence-corrected chi connectivity index (χ1v) is 17.7. The summed E-state index contributed by atoms with van der Waals surface area (Å²) in [5.74, 6) is -1.64. The SMILES string of the molecule is COc1cc2c(-c3cc4cccnc4n3S(=O)(=O)c3ccc(C)cc3)cn(CCNCCCN(CCO)CCO)c2cc1OC.O=C(O)C(F)(F)F. The van der Waals surface area contributed by atoms with Gasteiger partial charge in [0.25, 0.3) is 10.0 Å². The van der Waals surface area contributed by atoms with Crippen LogP contribution >= 0.6 is 0 Å². The minimum absolute atomic E-state index is 0.0615. The van der Waals surface area contributed by atoms with Crippen LogP contribution in [0.2, 0.25) is 0 Å². The summed E-state index contributed by atoms with van der Waals surface area (Å²) in [6, 6.07) is 16.2. The number of nitrogens with zero attached hydrogens (tertiary/aromatic N) is 4. The maximum absolute atomic E-state index is 14.2. The fourth-order valence-electron chi connectivity index (χ4n) is 5.63. The Hall–Kier alpha value is -4.68. The molecule has 0 radical (unpaired) electrons. The first kappa shape index (κ1) is 40.1. The van der Waals surface area contributed by atoms with Crippen LogP contribution in [0.5, 0.6) is 11.5 Å². The Kier molecular flexibility index (Phi) is 13.6. The number of pyridine rings is 1. The highest BCUT2D eigenvalue weighted by molar-refractivity contribution is 7.90. The molecule has 17 heteroatoms. The van der Waals surface area contributed by atoms with Crippen LogP contribution in [0.25, 0.3) is 33.2 Å². The van der Waals surface area contributed by atoms with Gasteiger partial charge in [-0.2, -0.15) is 13.2 Å². The van der Waals surface area contributed by atoms with Gasteiger partial charge >= 0.3 is 12.1 Å². The topological polar surface area (TPSA) is 168 Å². The van der Waals surface area contributed by atoms with E-state index in [-0.39, 0.29) is 18.1 Å². The highest BCUT2D eigenvalue weighted by atomic mass is 32.2. The molecule has 0 aliphatic rings. The standard InChI is InChI=1S/C33H41N5O6S.C2HF3O2/c1-24-7-9-26(10-8-24)45(41,42)38-30(20-25-6-4-12-35-33(25)38)28-23-37(29-22-32(44-3)31(43-2)21-27(28)29)15-13-34-11-5-14-36(16-18-39)17-19-40;3-2(4,5)1(6)7/h4,6-10,12,20-23,34,39-40H,5,11,13-19H2,1-3H3;(H,6,7). The van der Waals surface area contributed by atoms with Gasteiger partial charge in [0, 0.05) is 61.0 Å². The summed E-state index contributed by atoms with van der Waals surface area (Å²) in [5.41, 5.74) is 3.42. The average Bonchev–Trinajstić information content (AvgIpc) is 3.67. The monoisotopic (exact) mass is 749 g/mol. The Bertz CT molecular complexity index is 2060. The summed E-state index contributed by atoms with van der Waals surface area (Å²) in [7, 11) is -0.837. The number of aliphatic hydroxyl groups excluding tert-OH is 2. The van der Waals surface area contributed by atoms with Gasteiger partial charge in [0.05, 0.1) is 43.5 Å². The van der Waals surface area contributed by atoms with E-state index in [2.05, 4.69) is 14.9 Å². The Morgan fingerprint density at radius 3 is 2.19 bits per heavy atom. The van der Waals surface area contributed by atoms with Gasteiger partial charge < -0.3 is 34.7 Å². The lowest BCUT2D eigenvalue weighted by molar-refractivity contribution is -0.192. The molecule has 0 unspecified atom stereocenters. The molecular weight excluding hydrogens is 707 g/mol. The predicted molar refractivity (Wildman–Crippen MR) is 189 cm³/mol. The summed E-state index contributed by atoms with van der Waals surface area (Å²) in [4.78, 5) is 15.6. The Labute approximate surface area is 298 Å². The normalized spacial score (nSPS) is 11.9. The van der Waals surface area contributed by atoms with E-state index in [0.717, 1.165) is 41.5 Å². The number of aromatic nitrogens is 3. The van der Waals surface area contributed by atoms with Crippen molar-refractivity contribution >= 4 is 37.9 Å². The zero-order chi connectivity index (χ0) is 38.1. The molecule has 13 nitrogen and oxygen atoms in total. The number of methoxy groups -OCH3 is 2. The Morgan fingerprint density at radius 2 is 1.60 bits per heavy atom. The second-order valence-corrected chi connectivity index (χ2v) is 13.5. The molecule has 0 bridgehead atoms. The van der Waals surface area contributed by atoms with Gasteiger partial charge in [0.15, 0.2) is 17.1 Å². The number of carboxylic acid groups (broad SMARTS) is 1. The summed E-state index contributed by atoms with van der Waals surface area (Å²) < 4.78 is 74.9. The molecule has 52 heavy (non-hydrogen) atoms. The summed E-state index contributed by atoms with van der Waals surface area (Å²) in [6.45, 7) is 5.95. The van der Waals surface area contributed by atoms with Crippen LogP contribution in [0.4, 0.5) is 13.2 Å². The van der Waals surface area contributed by atoms with Crippen LogP contribution in [0.1, 0.15) is 12.0 Å². The molecule has 0 aliphatic carbocycles. The fourth-order valence-corrected chi connectivity index (χ4v) is 7.12. The number of carbonyl (C=O) groups is 1. The van der Waals surface area contributed by atoms with Gasteiger partial charge in [-0.15, -0.1) is 0 Å². The third kappa shape index (κ3) is 9.40. The van der Waals surface area contributed by atoms with Gasteiger partial charge in [0.1, 0.15) is 0 Å². The number of aryl methyl sites for hydroxylation is 1. The maximum atomic E-state index is 14.2. The van der Waals surface area contributed by atoms with E-state index >= 15 is 0 Å². The molecule has 5 aromatic rings. The van der Waals surface area contributed by atoms with Crippen LogP contribution < -0.4 is 14.8 Å². The van der Waals surface area contributed by atoms with Crippen molar-refractivity contribution in [2.45, 2.75) is 31.0 Å². The molecule has 282 valence electrons. The van der Waals surface area contributed by atoms with E-state index in [9.17, 15) is 31.8 Å². The number of aliphatic hydroxyl groups is 2. The number of rotatable bonds is 16. The number of aliphatic carboxylic acids is 1. The van der Waals surface area contributed by atoms with Crippen molar-refractivity contribution in [3.05, 3.63) is 72.6 Å². The second-order valence-electron chi connectivity index (χ2n) is 11.7. The number of carboxylic acids is 1. The second kappa shape index (κ2) is 17.7. The van der Waals surface area contributed by atoms with E-state index in [4.69, 9.17) is 19.4 Å². The highest BCUT2D eigenvalue weighted by Crippen LogP contribution is 2.41. The zero-order valence-electron chi connectivity index (χ0n) is 28.9. The number of nitrogens with one attached hydrogen (secondary N) is 1. The van der Waals surface area contributed by atoms with Crippen LogP contribution in [0.3, 0.4) is 0 Å². The lowest BCUT2D eigenvalue weighted by atomic mass is 10.1. The first-order chi connectivity index (χ1) is 24.8. The van der Waals surface area contributed by atoms with Crippen molar-refractivity contribution < 1.29 is 51.2 Å². The van der Waals surface area contributed by atoms with E-state index < -0.39 is 22.2 Å². The molecular formula is C35H42F3N5O8S. The van der Waals surface area contributed by atoms with Crippen molar-refractivity contribution in [2.75, 3.05) is 60.2 Å². The summed E-state index contributed by atoms with van der Waals surface area (Å²) >= 11 is 0. The van der Waals surface area contributed by atoms with Gasteiger partial charge in [-0.3, -0.25) is 4.90 Å². The maximum Gasteiger partial charge on any atom is 0.490 e. The van der Waals surface area contributed by atoms with Crippen LogP contribution in [0, 0.1) is 6.92 Å². The van der Waals surface area contributed by atoms with Crippen LogP contribution in [0.15, 0.2) is 71.9 Å². The fraction of sp³-hybridized carbons (Fsp3) is 0.371. The lowest BCUT2D eigenvalue weighted by Gasteiger charge is -2.20. The summed E-state index contributed by atoms with van der Waals surface area (Å²) in [5, 5.41) is 30.6. The van der Waals surface area contributed by atoms with Crippen LogP contribution in [-0.2, 0) is 21.4 Å². The molecule has 0 fully saturated rings. The largest absolute Gasteiger partial charge is 0.493 e. The third-order valence-electron chi connectivity index (χ3n) is 8.17. The first-order valence-electron chi connectivity index (χ1n) is 16.3. The molecule has 2 aromatic carbocycles. The zero-order valence-corrected chi connectivity index (χ0v) is 29.7. The van der Waals surface area contributed by atoms with Gasteiger partial charge in [-0.1, -0.05) is 17.7 Å². The van der Waals surface area contributed by atoms with E-state index in [1.807, 2.05) is 42.3 Å². The molecule has 3 heterocycles. The van der Waals surface area contributed by atoms with E-state index in [1.54, 1.807) is 50.7 Å². The van der Waals surface area contributed by atoms with Crippen LogP contribution in [-0.4, -0.2) is 114 Å². The molecule has 0 aliphatic heterocycles. The van der Waals surface area contributed by atoms with Crippen molar-refractivity contribution in [3.8, 4) is 22.8 Å². The average molecular weight is 750 g/mol. The van der Waals surface area contributed by atoms with Crippen molar-refractivity contribution in [1.82, 2.24) is 23.7 Å². The third-order valence-corrected chi connectivity index (χ3v) is 9.89. The number of ether oxygens (including phenoxy) is 2. The Balaban J connectivity index is 0.000000785. The Morgan fingerprint density at radius 1 is 0.962 bits per heavy atom. The molecule has 0 amide bonds. The smallest absolute Gasteiger partial charge is 0.490 e. The highest BCUT2D eigenvalue weighted by Gasteiger charge is 2.38. The minimum Gasteiger partial charge on any atom is -0.493 e. The molecule has 0 spiro atoms. The van der Waals surface area contributed by atoms with Gasteiger partial charge in [-0.25, -0.2) is 22.2 Å². The summed E-state index contributed by atoms with van der Waals surface area (Å²) in [6.07, 6.45) is -0.638. The molecule has 5 rings (SSSR count). The molecule has 0 saturated heterocycles. The molecule has 4 N–H and O–H groups in total. The number of fused-ring (bicyclic) bond motifs is 2. The van der Waals surface area contributed by atoms with Gasteiger partial charge in [-0.05, 0) is 62.8 Å². The number of hydrogen-bond donors (Lipinski definition) is 4. The number of hydrogen-bond acceptors (Lipinski definition) is 10. The van der Waals surface area contributed by atoms with Gasteiger partial charge in [0.2, 0.25) is 0 Å². The van der Waals surface area contributed by atoms with Crippen molar-refractivity contribution in [2.24, 2.45) is 0 Å². The molecule has 3 aromatic heterocycles. The molecule has 0 saturated carbocycles. The lowest BCUT2D eigenvalue weighted by Crippen LogP contribution is -2.32. The number of alkyl halides is 3. The number of halogens is 3. The van der Waals surface area contributed by atoms with Crippen molar-refractivity contribution in [1.29, 1.82) is 0 Å². The van der Waals surface area contributed by atoms with Crippen molar-refractivity contribution in [3.63, 3.8) is 0 Å². The quantitative estimate of drug-likeness (QED) is 0.107. The predicted octanol–water partition coefficient (Wildman–Crippen LogP) is 4.12. The minimum atomic E-state index is -5.08. The van der Waals surface area contributed by atoms with E-state index in [1.165, 1.54) is 3.97 Å². The molecule has 0 atom stereocenters. The van der Waals surface area contributed by atoms with E-state index in [0.29, 0.717) is 54.4 Å². The number of benzene rings is 2.